The summed E-state index contributed by atoms with van der Waals surface area (Å²) in [4.78, 5) is 0. The summed E-state index contributed by atoms with van der Waals surface area (Å²) in [7, 11) is 0. The zero-order valence-corrected chi connectivity index (χ0v) is 13.7. The average Bonchev–Trinajstić information content (AvgIpc) is 2.92. The molecule has 0 saturated carbocycles. The van der Waals surface area contributed by atoms with Gasteiger partial charge in [-0.3, -0.25) is 4.68 Å². The predicted molar refractivity (Wildman–Crippen MR) is 88.6 cm³/mol. The molecular formula is C18H27N3. The van der Waals surface area contributed by atoms with Crippen LogP contribution in [0.5, 0.6) is 0 Å². The first-order valence-corrected chi connectivity index (χ1v) is 8.03. The maximum atomic E-state index is 4.68. The van der Waals surface area contributed by atoms with E-state index < -0.39 is 0 Å². The first kappa shape index (κ1) is 15.8. The molecule has 0 bridgehead atoms. The molecule has 2 aromatic rings. The van der Waals surface area contributed by atoms with Crippen LogP contribution in [0, 0.1) is 6.92 Å². The highest BCUT2D eigenvalue weighted by Crippen LogP contribution is 2.20. The number of hydrogen-bond donors (Lipinski definition) is 1. The number of aromatic nitrogens is 2. The molecule has 0 aliphatic heterocycles. The molecule has 2 rings (SSSR count). The molecule has 0 spiro atoms. The molecule has 3 heteroatoms. The Kier molecular flexibility index (Phi) is 5.57. The van der Waals surface area contributed by atoms with Crippen molar-refractivity contribution < 1.29 is 0 Å². The third-order valence-electron chi connectivity index (χ3n) is 3.89. The van der Waals surface area contributed by atoms with Crippen LogP contribution in [0.25, 0.3) is 0 Å². The minimum Gasteiger partial charge on any atom is -0.309 e. The van der Waals surface area contributed by atoms with Crippen LogP contribution in [0.3, 0.4) is 0 Å². The lowest BCUT2D eigenvalue weighted by Crippen LogP contribution is -2.25. The van der Waals surface area contributed by atoms with Gasteiger partial charge in [-0.05, 0) is 44.9 Å². The maximum Gasteiger partial charge on any atom is 0.0625 e. The van der Waals surface area contributed by atoms with Crippen LogP contribution in [-0.2, 0) is 19.4 Å². The van der Waals surface area contributed by atoms with Crippen LogP contribution >= 0.6 is 0 Å². The first-order valence-electron chi connectivity index (χ1n) is 8.03. The molecule has 21 heavy (non-hydrogen) atoms. The molecule has 114 valence electrons. The quantitative estimate of drug-likeness (QED) is 0.841. The molecule has 0 aliphatic carbocycles. The van der Waals surface area contributed by atoms with Crippen LogP contribution in [0.15, 0.2) is 30.3 Å². The Labute approximate surface area is 128 Å². The summed E-state index contributed by atoms with van der Waals surface area (Å²) in [5, 5.41) is 8.30. The van der Waals surface area contributed by atoms with Gasteiger partial charge in [0.05, 0.1) is 17.4 Å². The highest BCUT2D eigenvalue weighted by atomic mass is 15.3. The SMILES string of the molecule is CCNC(Cc1ccc(C)cc1)c1cc(CC)nn1CC. The highest BCUT2D eigenvalue weighted by Gasteiger charge is 2.17. The van der Waals surface area contributed by atoms with Crippen molar-refractivity contribution in [2.45, 2.75) is 53.1 Å². The molecule has 0 radical (unpaired) electrons. The molecule has 0 aliphatic rings. The van der Waals surface area contributed by atoms with E-state index in [4.69, 9.17) is 0 Å². The van der Waals surface area contributed by atoms with E-state index in [0.29, 0.717) is 6.04 Å². The highest BCUT2D eigenvalue weighted by molar-refractivity contribution is 5.24. The van der Waals surface area contributed by atoms with Crippen LogP contribution in [0.1, 0.15) is 49.3 Å². The van der Waals surface area contributed by atoms with E-state index >= 15 is 0 Å². The summed E-state index contributed by atoms with van der Waals surface area (Å²) in [6.07, 6.45) is 1.99. The summed E-state index contributed by atoms with van der Waals surface area (Å²) in [6, 6.07) is 11.4. The van der Waals surface area contributed by atoms with Crippen molar-refractivity contribution in [1.82, 2.24) is 15.1 Å². The third kappa shape index (κ3) is 3.94. The number of benzene rings is 1. The van der Waals surface area contributed by atoms with E-state index in [9.17, 15) is 0 Å². The number of hydrogen-bond acceptors (Lipinski definition) is 2. The summed E-state index contributed by atoms with van der Waals surface area (Å²) in [5.74, 6) is 0. The largest absolute Gasteiger partial charge is 0.309 e. The molecule has 1 heterocycles. The Morgan fingerprint density at radius 2 is 1.86 bits per heavy atom. The molecule has 3 nitrogen and oxygen atoms in total. The van der Waals surface area contributed by atoms with E-state index in [2.05, 4.69) is 73.1 Å². The Bertz CT molecular complexity index is 554. The monoisotopic (exact) mass is 285 g/mol. The maximum absolute atomic E-state index is 4.68. The van der Waals surface area contributed by atoms with E-state index in [1.54, 1.807) is 0 Å². The van der Waals surface area contributed by atoms with Gasteiger partial charge >= 0.3 is 0 Å². The van der Waals surface area contributed by atoms with Crippen LogP contribution in [0.2, 0.25) is 0 Å². The fourth-order valence-corrected chi connectivity index (χ4v) is 2.68. The van der Waals surface area contributed by atoms with Crippen LogP contribution < -0.4 is 5.32 Å². The molecule has 1 atom stereocenters. The molecule has 1 aromatic heterocycles. The molecule has 1 aromatic carbocycles. The van der Waals surface area contributed by atoms with Crippen molar-refractivity contribution in [2.24, 2.45) is 0 Å². The van der Waals surface area contributed by atoms with Crippen molar-refractivity contribution in [3.63, 3.8) is 0 Å². The van der Waals surface area contributed by atoms with Gasteiger partial charge in [0.2, 0.25) is 0 Å². The summed E-state index contributed by atoms with van der Waals surface area (Å²) in [6.45, 7) is 10.5. The van der Waals surface area contributed by atoms with Gasteiger partial charge in [0.15, 0.2) is 0 Å². The fourth-order valence-electron chi connectivity index (χ4n) is 2.68. The van der Waals surface area contributed by atoms with E-state index in [1.165, 1.54) is 22.5 Å². The summed E-state index contributed by atoms with van der Waals surface area (Å²) in [5.41, 5.74) is 5.16. The average molecular weight is 285 g/mol. The van der Waals surface area contributed by atoms with E-state index in [-0.39, 0.29) is 0 Å². The molecular weight excluding hydrogens is 258 g/mol. The van der Waals surface area contributed by atoms with Crippen LogP contribution in [-0.4, -0.2) is 16.3 Å². The zero-order chi connectivity index (χ0) is 15.2. The lowest BCUT2D eigenvalue weighted by atomic mass is 10.0. The number of nitrogens with zero attached hydrogens (tertiary/aromatic N) is 2. The second-order valence-electron chi connectivity index (χ2n) is 5.53. The van der Waals surface area contributed by atoms with Gasteiger partial charge in [0.25, 0.3) is 0 Å². The third-order valence-corrected chi connectivity index (χ3v) is 3.89. The summed E-state index contributed by atoms with van der Waals surface area (Å²) >= 11 is 0. The predicted octanol–water partition coefficient (Wildman–Crippen LogP) is 3.67. The minimum absolute atomic E-state index is 0.324. The Hall–Kier alpha value is -1.61. The van der Waals surface area contributed by atoms with Gasteiger partial charge < -0.3 is 5.32 Å². The van der Waals surface area contributed by atoms with Crippen molar-refractivity contribution in [3.8, 4) is 0 Å². The Balaban J connectivity index is 2.25. The molecule has 0 saturated heterocycles. The Morgan fingerprint density at radius 1 is 1.14 bits per heavy atom. The molecule has 0 amide bonds. The van der Waals surface area contributed by atoms with Gasteiger partial charge in [-0.1, -0.05) is 43.7 Å². The molecule has 0 fully saturated rings. The molecule has 1 unspecified atom stereocenters. The Morgan fingerprint density at radius 3 is 2.43 bits per heavy atom. The van der Waals surface area contributed by atoms with Gasteiger partial charge in [-0.25, -0.2) is 0 Å². The minimum atomic E-state index is 0.324. The van der Waals surface area contributed by atoms with Gasteiger partial charge in [-0.15, -0.1) is 0 Å². The summed E-state index contributed by atoms with van der Waals surface area (Å²) < 4.78 is 2.14. The van der Waals surface area contributed by atoms with Gasteiger partial charge in [-0.2, -0.15) is 5.10 Å². The topological polar surface area (TPSA) is 29.9 Å². The van der Waals surface area contributed by atoms with Crippen molar-refractivity contribution in [1.29, 1.82) is 0 Å². The van der Waals surface area contributed by atoms with Crippen molar-refractivity contribution in [2.75, 3.05) is 6.54 Å². The second-order valence-corrected chi connectivity index (χ2v) is 5.53. The lowest BCUT2D eigenvalue weighted by molar-refractivity contribution is 0.489. The van der Waals surface area contributed by atoms with Crippen molar-refractivity contribution >= 4 is 0 Å². The van der Waals surface area contributed by atoms with Gasteiger partial charge in [0, 0.05) is 6.54 Å². The first-order chi connectivity index (χ1) is 10.2. The number of aryl methyl sites for hydroxylation is 3. The molecule has 1 N–H and O–H groups in total. The zero-order valence-electron chi connectivity index (χ0n) is 13.7. The number of nitrogens with one attached hydrogen (secondary N) is 1. The van der Waals surface area contributed by atoms with Gasteiger partial charge in [0.1, 0.15) is 0 Å². The smallest absolute Gasteiger partial charge is 0.0625 e. The van der Waals surface area contributed by atoms with E-state index in [0.717, 1.165) is 25.9 Å². The van der Waals surface area contributed by atoms with E-state index in [1.807, 2.05) is 0 Å². The normalized spacial score (nSPS) is 12.6. The number of likely N-dealkylation sites (N-methyl/N-ethyl adjacent to an activating group) is 1. The number of rotatable bonds is 7. The standard InChI is InChI=1S/C18H27N3/c1-5-16-13-18(21(7-3)20-16)17(19-6-2)12-15-10-8-14(4)9-11-15/h8-11,13,17,19H,5-7,12H2,1-4H3. The van der Waals surface area contributed by atoms with Crippen LogP contribution in [0.4, 0.5) is 0 Å². The lowest BCUT2D eigenvalue weighted by Gasteiger charge is -2.19. The second kappa shape index (κ2) is 7.41. The fraction of sp³-hybridized carbons (Fsp3) is 0.500. The van der Waals surface area contributed by atoms with Crippen molar-refractivity contribution in [3.05, 3.63) is 52.8 Å².